The van der Waals surface area contributed by atoms with E-state index in [9.17, 15) is 0 Å². The normalized spacial score (nSPS) is 10.4. The number of nitriles is 1. The Morgan fingerprint density at radius 1 is 1.20 bits per heavy atom. The number of aryl methyl sites for hydroxylation is 1. The summed E-state index contributed by atoms with van der Waals surface area (Å²) in [6.07, 6.45) is 3.50. The number of nitrogens with zero attached hydrogens (tertiary/aromatic N) is 4. The topological polar surface area (TPSA) is 88.5 Å². The minimum Gasteiger partial charge on any atom is -0.397 e. The maximum absolute atomic E-state index is 8.87. The zero-order chi connectivity index (χ0) is 14.1. The average Bonchev–Trinajstić information content (AvgIpc) is 2.47. The first kappa shape index (κ1) is 12.1. The standard InChI is InChI=1S/C15H11N5/c1-9-4-5-18-8-11(9)14-6-12(17)15-13(20-14)3-2-10(7-16)19-15/h2-6,8H,1H3,(H2,17,20). The fraction of sp³-hybridized carbons (Fsp3) is 0.0667. The van der Waals surface area contributed by atoms with E-state index in [4.69, 9.17) is 11.0 Å². The van der Waals surface area contributed by atoms with Gasteiger partial charge in [-0.2, -0.15) is 5.26 Å². The van der Waals surface area contributed by atoms with Crippen LogP contribution in [-0.4, -0.2) is 15.0 Å². The van der Waals surface area contributed by atoms with Crippen LogP contribution in [0.15, 0.2) is 36.7 Å². The summed E-state index contributed by atoms with van der Waals surface area (Å²) < 4.78 is 0. The number of pyridine rings is 3. The molecule has 3 rings (SSSR count). The van der Waals surface area contributed by atoms with Crippen LogP contribution in [0, 0.1) is 18.3 Å². The number of anilines is 1. The van der Waals surface area contributed by atoms with Crippen molar-refractivity contribution in [3.8, 4) is 17.3 Å². The third-order valence-electron chi connectivity index (χ3n) is 3.11. The minimum atomic E-state index is 0.330. The third kappa shape index (κ3) is 1.93. The molecule has 0 bridgehead atoms. The van der Waals surface area contributed by atoms with Crippen LogP contribution < -0.4 is 5.73 Å². The second-order valence-corrected chi connectivity index (χ2v) is 4.46. The van der Waals surface area contributed by atoms with Crippen molar-refractivity contribution in [1.82, 2.24) is 15.0 Å². The van der Waals surface area contributed by atoms with Gasteiger partial charge in [0, 0.05) is 18.0 Å². The van der Waals surface area contributed by atoms with E-state index in [1.807, 2.05) is 19.1 Å². The molecule has 3 heterocycles. The largest absolute Gasteiger partial charge is 0.397 e. The molecular weight excluding hydrogens is 250 g/mol. The van der Waals surface area contributed by atoms with E-state index >= 15 is 0 Å². The molecule has 0 aliphatic heterocycles. The first-order valence-corrected chi connectivity index (χ1v) is 6.07. The molecular formula is C15H11N5. The van der Waals surface area contributed by atoms with Crippen molar-refractivity contribution < 1.29 is 0 Å². The van der Waals surface area contributed by atoms with Crippen molar-refractivity contribution in [2.24, 2.45) is 0 Å². The van der Waals surface area contributed by atoms with Gasteiger partial charge in [-0.05, 0) is 36.8 Å². The lowest BCUT2D eigenvalue weighted by Crippen LogP contribution is -1.97. The lowest BCUT2D eigenvalue weighted by Gasteiger charge is -2.08. The van der Waals surface area contributed by atoms with Gasteiger partial charge in [-0.15, -0.1) is 0 Å². The highest BCUT2D eigenvalue weighted by atomic mass is 14.8. The highest BCUT2D eigenvalue weighted by molar-refractivity contribution is 5.89. The molecule has 3 aromatic rings. The van der Waals surface area contributed by atoms with Gasteiger partial charge in [0.2, 0.25) is 0 Å². The van der Waals surface area contributed by atoms with Crippen LogP contribution in [0.25, 0.3) is 22.3 Å². The quantitative estimate of drug-likeness (QED) is 0.726. The van der Waals surface area contributed by atoms with Crippen molar-refractivity contribution in [2.75, 3.05) is 5.73 Å². The molecule has 0 aliphatic rings. The van der Waals surface area contributed by atoms with Gasteiger partial charge in [0.25, 0.3) is 0 Å². The van der Waals surface area contributed by atoms with Crippen LogP contribution in [0.5, 0.6) is 0 Å². The minimum absolute atomic E-state index is 0.330. The number of nitrogens with two attached hydrogens (primary N) is 1. The van der Waals surface area contributed by atoms with Gasteiger partial charge in [0.1, 0.15) is 17.3 Å². The Bertz CT molecular complexity index is 848. The molecule has 0 spiro atoms. The summed E-state index contributed by atoms with van der Waals surface area (Å²) in [5, 5.41) is 8.87. The van der Waals surface area contributed by atoms with Crippen molar-refractivity contribution >= 4 is 16.7 Å². The number of aromatic nitrogens is 3. The summed E-state index contributed by atoms with van der Waals surface area (Å²) in [5.74, 6) is 0. The molecule has 0 radical (unpaired) electrons. The van der Waals surface area contributed by atoms with E-state index in [1.54, 1.807) is 30.6 Å². The van der Waals surface area contributed by atoms with E-state index in [-0.39, 0.29) is 0 Å². The number of rotatable bonds is 1. The molecule has 96 valence electrons. The molecule has 0 atom stereocenters. The summed E-state index contributed by atoms with van der Waals surface area (Å²) in [4.78, 5) is 12.9. The highest BCUT2D eigenvalue weighted by Crippen LogP contribution is 2.26. The molecule has 0 aromatic carbocycles. The lowest BCUT2D eigenvalue weighted by molar-refractivity contribution is 1.25. The molecule has 2 N–H and O–H groups in total. The molecule has 0 unspecified atom stereocenters. The van der Waals surface area contributed by atoms with Gasteiger partial charge in [0.15, 0.2) is 0 Å². The van der Waals surface area contributed by atoms with Gasteiger partial charge >= 0.3 is 0 Å². The Morgan fingerprint density at radius 3 is 2.80 bits per heavy atom. The molecule has 0 fully saturated rings. The van der Waals surface area contributed by atoms with Crippen molar-refractivity contribution in [3.05, 3.63) is 47.9 Å². The van der Waals surface area contributed by atoms with Crippen LogP contribution in [-0.2, 0) is 0 Å². The Morgan fingerprint density at radius 2 is 2.05 bits per heavy atom. The number of hydrogen-bond acceptors (Lipinski definition) is 5. The Kier molecular flexibility index (Phi) is 2.77. The van der Waals surface area contributed by atoms with Gasteiger partial charge in [-0.25, -0.2) is 9.97 Å². The van der Waals surface area contributed by atoms with Crippen LogP contribution >= 0.6 is 0 Å². The van der Waals surface area contributed by atoms with E-state index in [0.29, 0.717) is 22.4 Å². The smallest absolute Gasteiger partial charge is 0.141 e. The summed E-state index contributed by atoms with van der Waals surface area (Å²) >= 11 is 0. The van der Waals surface area contributed by atoms with Crippen molar-refractivity contribution in [3.63, 3.8) is 0 Å². The first-order valence-electron chi connectivity index (χ1n) is 6.07. The summed E-state index contributed by atoms with van der Waals surface area (Å²) in [7, 11) is 0. The third-order valence-corrected chi connectivity index (χ3v) is 3.11. The number of fused-ring (bicyclic) bond motifs is 1. The van der Waals surface area contributed by atoms with Crippen LogP contribution in [0.4, 0.5) is 5.69 Å². The van der Waals surface area contributed by atoms with Crippen LogP contribution in [0.1, 0.15) is 11.3 Å². The second kappa shape index (κ2) is 4.59. The molecule has 0 saturated heterocycles. The van der Waals surface area contributed by atoms with Gasteiger partial charge in [-0.1, -0.05) is 0 Å². The van der Waals surface area contributed by atoms with E-state index in [2.05, 4.69) is 15.0 Å². The fourth-order valence-electron chi connectivity index (χ4n) is 2.06. The van der Waals surface area contributed by atoms with Crippen molar-refractivity contribution in [1.29, 1.82) is 5.26 Å². The van der Waals surface area contributed by atoms with E-state index in [1.165, 1.54) is 0 Å². The van der Waals surface area contributed by atoms with Gasteiger partial charge in [0.05, 0.1) is 16.9 Å². The number of nitrogen functional groups attached to an aromatic ring is 1. The maximum atomic E-state index is 8.87. The lowest BCUT2D eigenvalue weighted by atomic mass is 10.1. The highest BCUT2D eigenvalue weighted by Gasteiger charge is 2.09. The monoisotopic (exact) mass is 261 g/mol. The Hall–Kier alpha value is -3.00. The van der Waals surface area contributed by atoms with E-state index in [0.717, 1.165) is 16.8 Å². The van der Waals surface area contributed by atoms with Crippen LogP contribution in [0.2, 0.25) is 0 Å². The summed E-state index contributed by atoms with van der Waals surface area (Å²) in [6.45, 7) is 2.00. The Labute approximate surface area is 115 Å². The average molecular weight is 261 g/mol. The van der Waals surface area contributed by atoms with Gasteiger partial charge in [-0.3, -0.25) is 4.98 Å². The zero-order valence-corrected chi connectivity index (χ0v) is 10.8. The summed E-state index contributed by atoms with van der Waals surface area (Å²) in [5.41, 5.74) is 10.9. The SMILES string of the molecule is Cc1ccncc1-c1cc(N)c2nc(C#N)ccc2n1. The zero-order valence-electron chi connectivity index (χ0n) is 10.8. The predicted octanol–water partition coefficient (Wildman–Crippen LogP) is 2.45. The molecule has 3 aromatic heterocycles. The Balaban J connectivity index is 2.26. The second-order valence-electron chi connectivity index (χ2n) is 4.46. The molecule has 0 aliphatic carbocycles. The summed E-state index contributed by atoms with van der Waals surface area (Å²) in [6, 6.07) is 9.08. The van der Waals surface area contributed by atoms with E-state index < -0.39 is 0 Å². The molecule has 5 heteroatoms. The van der Waals surface area contributed by atoms with Gasteiger partial charge < -0.3 is 5.73 Å². The first-order chi connectivity index (χ1) is 9.69. The van der Waals surface area contributed by atoms with Crippen LogP contribution in [0.3, 0.4) is 0 Å². The fourth-order valence-corrected chi connectivity index (χ4v) is 2.06. The molecule has 20 heavy (non-hydrogen) atoms. The maximum Gasteiger partial charge on any atom is 0.141 e. The predicted molar refractivity (Wildman–Crippen MR) is 76.6 cm³/mol. The molecule has 0 amide bonds. The number of hydrogen-bond donors (Lipinski definition) is 1. The molecule has 0 saturated carbocycles. The molecule has 5 nitrogen and oxygen atoms in total. The van der Waals surface area contributed by atoms with Crippen molar-refractivity contribution in [2.45, 2.75) is 6.92 Å².